The second kappa shape index (κ2) is 7.00. The summed E-state index contributed by atoms with van der Waals surface area (Å²) in [4.78, 5) is 0. The van der Waals surface area contributed by atoms with Gasteiger partial charge in [-0.15, -0.1) is 10.2 Å². The van der Waals surface area contributed by atoms with Gasteiger partial charge in [-0.1, -0.05) is 61.9 Å². The Bertz CT molecular complexity index is 669. The van der Waals surface area contributed by atoms with Crippen LogP contribution in [0.5, 0.6) is 0 Å². The van der Waals surface area contributed by atoms with Gasteiger partial charge in [-0.25, -0.2) is 8.42 Å². The molecule has 0 fully saturated rings. The fourth-order valence-electron chi connectivity index (χ4n) is 1.99. The highest BCUT2D eigenvalue weighted by Crippen LogP contribution is 2.27. The Morgan fingerprint density at radius 1 is 1.24 bits per heavy atom. The van der Waals surface area contributed by atoms with Crippen LogP contribution in [0.2, 0.25) is 0 Å². The van der Waals surface area contributed by atoms with E-state index in [9.17, 15) is 8.42 Å². The van der Waals surface area contributed by atoms with E-state index < -0.39 is 10.0 Å². The monoisotopic (exact) mass is 325 g/mol. The largest absolute Gasteiger partial charge is 0.257 e. The molecule has 0 bridgehead atoms. The molecular weight excluding hydrogens is 306 g/mol. The van der Waals surface area contributed by atoms with E-state index in [0.717, 1.165) is 23.4 Å². The first-order valence-corrected chi connectivity index (χ1v) is 9.35. The number of nitrogens with zero attached hydrogens (tertiary/aromatic N) is 2. The summed E-state index contributed by atoms with van der Waals surface area (Å²) in [5.41, 5.74) is 0.745. The van der Waals surface area contributed by atoms with Crippen LogP contribution >= 0.6 is 11.3 Å². The van der Waals surface area contributed by atoms with Gasteiger partial charge >= 0.3 is 0 Å². The van der Waals surface area contributed by atoms with Crippen molar-refractivity contribution in [1.29, 1.82) is 0 Å². The molecule has 2 rings (SSSR count). The summed E-state index contributed by atoms with van der Waals surface area (Å²) in [6, 6.07) is 9.07. The number of anilines is 1. The standard InChI is InChI=1S/C14H19N3O2S2/c1-3-7-11(2)13-15-16-14(20-13)17-21(18,19)10-12-8-5-4-6-9-12/h4-6,8-9,11H,3,7,10H2,1-2H3,(H,16,17). The van der Waals surface area contributed by atoms with Crippen LogP contribution in [-0.2, 0) is 15.8 Å². The van der Waals surface area contributed by atoms with E-state index >= 15 is 0 Å². The van der Waals surface area contributed by atoms with Crippen LogP contribution in [0, 0.1) is 0 Å². The smallest absolute Gasteiger partial charge is 0.238 e. The van der Waals surface area contributed by atoms with Crippen molar-refractivity contribution in [2.45, 2.75) is 38.4 Å². The van der Waals surface area contributed by atoms with Crippen molar-refractivity contribution in [2.24, 2.45) is 0 Å². The SMILES string of the molecule is CCCC(C)c1nnc(NS(=O)(=O)Cc2ccccc2)s1. The van der Waals surface area contributed by atoms with E-state index in [-0.39, 0.29) is 5.75 Å². The van der Waals surface area contributed by atoms with E-state index in [2.05, 4.69) is 28.8 Å². The second-order valence-corrected chi connectivity index (χ2v) is 7.71. The third-order valence-corrected chi connectivity index (χ3v) is 5.44. The summed E-state index contributed by atoms with van der Waals surface area (Å²) in [5, 5.41) is 9.20. The molecule has 0 saturated heterocycles. The fraction of sp³-hybridized carbons (Fsp3) is 0.429. The van der Waals surface area contributed by atoms with Gasteiger partial charge in [0.15, 0.2) is 0 Å². The van der Waals surface area contributed by atoms with Crippen molar-refractivity contribution in [2.75, 3.05) is 4.72 Å². The Kier molecular flexibility index (Phi) is 5.30. The maximum Gasteiger partial charge on any atom is 0.238 e. The minimum Gasteiger partial charge on any atom is -0.257 e. The molecule has 0 radical (unpaired) electrons. The van der Waals surface area contributed by atoms with Crippen molar-refractivity contribution in [1.82, 2.24) is 10.2 Å². The number of sulfonamides is 1. The van der Waals surface area contributed by atoms with E-state index in [4.69, 9.17) is 0 Å². The highest BCUT2D eigenvalue weighted by Gasteiger charge is 2.16. The maximum atomic E-state index is 12.1. The third-order valence-electron chi connectivity index (χ3n) is 3.03. The Morgan fingerprint density at radius 3 is 2.62 bits per heavy atom. The van der Waals surface area contributed by atoms with Gasteiger partial charge in [0.2, 0.25) is 15.2 Å². The molecule has 0 aliphatic heterocycles. The number of rotatable bonds is 7. The summed E-state index contributed by atoms with van der Waals surface area (Å²) < 4.78 is 26.7. The summed E-state index contributed by atoms with van der Waals surface area (Å²) in [6.07, 6.45) is 2.08. The third kappa shape index (κ3) is 4.78. The lowest BCUT2D eigenvalue weighted by Gasteiger charge is -2.05. The Balaban J connectivity index is 2.04. The topological polar surface area (TPSA) is 72.0 Å². The van der Waals surface area contributed by atoms with Crippen molar-refractivity contribution in [3.8, 4) is 0 Å². The van der Waals surface area contributed by atoms with Gasteiger partial charge in [0.25, 0.3) is 0 Å². The highest BCUT2D eigenvalue weighted by atomic mass is 32.2. The van der Waals surface area contributed by atoms with Crippen molar-refractivity contribution < 1.29 is 8.42 Å². The van der Waals surface area contributed by atoms with Gasteiger partial charge in [0, 0.05) is 5.92 Å². The Morgan fingerprint density at radius 2 is 1.95 bits per heavy atom. The molecule has 7 heteroatoms. The number of aromatic nitrogens is 2. The van der Waals surface area contributed by atoms with Gasteiger partial charge in [-0.05, 0) is 12.0 Å². The quantitative estimate of drug-likeness (QED) is 0.847. The molecule has 0 amide bonds. The first-order chi connectivity index (χ1) is 10.00. The molecule has 0 aliphatic rings. The van der Waals surface area contributed by atoms with Crippen LogP contribution in [0.3, 0.4) is 0 Å². The normalized spacial score (nSPS) is 13.0. The molecular formula is C14H19N3O2S2. The fourth-order valence-corrected chi connectivity index (χ4v) is 4.23. The van der Waals surface area contributed by atoms with Gasteiger partial charge in [0.1, 0.15) is 5.01 Å². The molecule has 114 valence electrons. The summed E-state index contributed by atoms with van der Waals surface area (Å²) in [5.74, 6) is 0.243. The van der Waals surface area contributed by atoms with E-state index in [1.54, 1.807) is 12.1 Å². The molecule has 1 heterocycles. The zero-order valence-electron chi connectivity index (χ0n) is 12.1. The van der Waals surface area contributed by atoms with E-state index in [1.165, 1.54) is 11.3 Å². The second-order valence-electron chi connectivity index (χ2n) is 4.98. The predicted octanol–water partition coefficient (Wildman–Crippen LogP) is 3.38. The predicted molar refractivity (Wildman–Crippen MR) is 85.9 cm³/mol. The lowest BCUT2D eigenvalue weighted by atomic mass is 10.1. The summed E-state index contributed by atoms with van der Waals surface area (Å²) in [6.45, 7) is 4.19. The van der Waals surface area contributed by atoms with Crippen molar-refractivity contribution in [3.63, 3.8) is 0 Å². The minimum atomic E-state index is -3.45. The van der Waals surface area contributed by atoms with Crippen molar-refractivity contribution >= 4 is 26.5 Å². The zero-order valence-corrected chi connectivity index (χ0v) is 13.7. The number of benzene rings is 1. The highest BCUT2D eigenvalue weighted by molar-refractivity contribution is 7.92. The molecule has 0 spiro atoms. The number of nitrogens with one attached hydrogen (secondary N) is 1. The molecule has 1 aromatic heterocycles. The molecule has 1 N–H and O–H groups in total. The molecule has 21 heavy (non-hydrogen) atoms. The van der Waals surface area contributed by atoms with Crippen LogP contribution < -0.4 is 4.72 Å². The lowest BCUT2D eigenvalue weighted by molar-refractivity contribution is 0.600. The van der Waals surface area contributed by atoms with Crippen LogP contribution in [0.4, 0.5) is 5.13 Å². The lowest BCUT2D eigenvalue weighted by Crippen LogP contribution is -2.14. The van der Waals surface area contributed by atoms with E-state index in [0.29, 0.717) is 11.0 Å². The average molecular weight is 325 g/mol. The van der Waals surface area contributed by atoms with Gasteiger partial charge in [-0.3, -0.25) is 4.72 Å². The number of hydrogen-bond donors (Lipinski definition) is 1. The molecule has 1 unspecified atom stereocenters. The van der Waals surface area contributed by atoms with Gasteiger partial charge in [-0.2, -0.15) is 0 Å². The Hall–Kier alpha value is -1.47. The first kappa shape index (κ1) is 15.9. The molecule has 5 nitrogen and oxygen atoms in total. The molecule has 0 saturated carbocycles. The Labute approximate surface area is 129 Å². The van der Waals surface area contributed by atoms with Gasteiger partial charge in [0.05, 0.1) is 5.75 Å². The van der Waals surface area contributed by atoms with E-state index in [1.807, 2.05) is 18.2 Å². The van der Waals surface area contributed by atoms with Crippen LogP contribution in [0.1, 0.15) is 43.2 Å². The minimum absolute atomic E-state index is 0.0622. The molecule has 1 aromatic carbocycles. The van der Waals surface area contributed by atoms with Gasteiger partial charge < -0.3 is 0 Å². The van der Waals surface area contributed by atoms with Crippen molar-refractivity contribution in [3.05, 3.63) is 40.9 Å². The molecule has 0 aliphatic carbocycles. The first-order valence-electron chi connectivity index (χ1n) is 6.88. The van der Waals surface area contributed by atoms with Crippen LogP contribution in [0.25, 0.3) is 0 Å². The zero-order chi connectivity index (χ0) is 15.3. The summed E-state index contributed by atoms with van der Waals surface area (Å²) >= 11 is 1.31. The molecule has 2 aromatic rings. The number of hydrogen-bond acceptors (Lipinski definition) is 5. The molecule has 1 atom stereocenters. The summed E-state index contributed by atoms with van der Waals surface area (Å²) in [7, 11) is -3.45. The van der Waals surface area contributed by atoms with Crippen LogP contribution in [-0.4, -0.2) is 18.6 Å². The average Bonchev–Trinajstić information content (AvgIpc) is 2.87. The maximum absolute atomic E-state index is 12.1. The van der Waals surface area contributed by atoms with Crippen LogP contribution in [0.15, 0.2) is 30.3 Å².